The van der Waals surface area contributed by atoms with E-state index in [4.69, 9.17) is 19.2 Å². The Labute approximate surface area is 183 Å². The molecule has 1 aliphatic rings. The summed E-state index contributed by atoms with van der Waals surface area (Å²) in [4.78, 5) is 20.0. The third-order valence-electron chi connectivity index (χ3n) is 4.88. The summed E-state index contributed by atoms with van der Waals surface area (Å²) in [6, 6.07) is 22.6. The summed E-state index contributed by atoms with van der Waals surface area (Å²) in [5.41, 5.74) is 1.53. The van der Waals surface area contributed by atoms with Crippen molar-refractivity contribution >= 4 is 38.3 Å². The van der Waals surface area contributed by atoms with Crippen molar-refractivity contribution in [2.75, 3.05) is 18.1 Å². The first-order valence-corrected chi connectivity index (χ1v) is 10.9. The number of para-hydroxylation sites is 3. The molecule has 4 aromatic rings. The molecule has 2 heterocycles. The molecule has 1 aliphatic heterocycles. The second-order valence-corrected chi connectivity index (χ2v) is 7.94. The minimum Gasteiger partial charge on any atom is -0.494 e. The highest BCUT2D eigenvalue weighted by Gasteiger charge is 2.34. The van der Waals surface area contributed by atoms with Crippen molar-refractivity contribution in [2.45, 2.75) is 13.0 Å². The molecule has 0 bridgehead atoms. The van der Waals surface area contributed by atoms with E-state index in [0.717, 1.165) is 16.0 Å². The Kier molecular flexibility index (Phi) is 5.18. The Bertz CT molecular complexity index is 1190. The number of carbonyl (C=O) groups is 1. The minimum absolute atomic E-state index is 0.133. The van der Waals surface area contributed by atoms with Crippen molar-refractivity contribution in [1.82, 2.24) is 4.98 Å². The van der Waals surface area contributed by atoms with Gasteiger partial charge in [0.1, 0.15) is 12.4 Å². The van der Waals surface area contributed by atoms with Gasteiger partial charge in [-0.25, -0.2) is 4.98 Å². The number of rotatable bonds is 5. The molecule has 0 saturated heterocycles. The van der Waals surface area contributed by atoms with Gasteiger partial charge in [-0.1, -0.05) is 35.6 Å². The van der Waals surface area contributed by atoms with Gasteiger partial charge in [0.05, 0.1) is 22.5 Å². The third-order valence-corrected chi connectivity index (χ3v) is 5.91. The van der Waals surface area contributed by atoms with Crippen LogP contribution < -0.4 is 19.1 Å². The quantitative estimate of drug-likeness (QED) is 0.434. The number of hydrogen-bond acceptors (Lipinski definition) is 6. The zero-order valence-electron chi connectivity index (χ0n) is 16.9. The molecule has 0 aliphatic carbocycles. The van der Waals surface area contributed by atoms with E-state index in [1.165, 1.54) is 11.3 Å². The molecule has 31 heavy (non-hydrogen) atoms. The van der Waals surface area contributed by atoms with E-state index in [1.807, 2.05) is 73.7 Å². The molecular formula is C24H20N2O4S. The number of benzene rings is 3. The van der Waals surface area contributed by atoms with Crippen LogP contribution in [0.4, 0.5) is 10.8 Å². The van der Waals surface area contributed by atoms with Gasteiger partial charge >= 0.3 is 0 Å². The van der Waals surface area contributed by atoms with Crippen LogP contribution in [-0.4, -0.2) is 30.2 Å². The second-order valence-electron chi connectivity index (χ2n) is 6.93. The van der Waals surface area contributed by atoms with E-state index in [2.05, 4.69) is 0 Å². The van der Waals surface area contributed by atoms with Crippen molar-refractivity contribution in [3.63, 3.8) is 0 Å². The number of fused-ring (bicyclic) bond motifs is 2. The Morgan fingerprint density at radius 2 is 1.81 bits per heavy atom. The lowest BCUT2D eigenvalue weighted by Gasteiger charge is -2.29. The van der Waals surface area contributed by atoms with Crippen LogP contribution in [-0.2, 0) is 4.79 Å². The SMILES string of the molecule is CCOc1ccc(N(C(=O)[C@H]2COc3ccccc3O2)c2nc3ccccc3s2)cc1. The van der Waals surface area contributed by atoms with Gasteiger partial charge in [0, 0.05) is 0 Å². The monoisotopic (exact) mass is 432 g/mol. The Morgan fingerprint density at radius 1 is 1.06 bits per heavy atom. The molecule has 0 spiro atoms. The Hall–Kier alpha value is -3.58. The van der Waals surface area contributed by atoms with Crippen LogP contribution in [0.5, 0.6) is 17.2 Å². The smallest absolute Gasteiger partial charge is 0.278 e. The summed E-state index contributed by atoms with van der Waals surface area (Å²) in [7, 11) is 0. The highest BCUT2D eigenvalue weighted by molar-refractivity contribution is 7.22. The lowest BCUT2D eigenvalue weighted by molar-refractivity contribution is -0.126. The van der Waals surface area contributed by atoms with Gasteiger partial charge in [0.25, 0.3) is 5.91 Å². The third kappa shape index (κ3) is 3.80. The maximum absolute atomic E-state index is 13.7. The van der Waals surface area contributed by atoms with Crippen LogP contribution in [0.1, 0.15) is 6.92 Å². The van der Waals surface area contributed by atoms with Crippen LogP contribution >= 0.6 is 11.3 Å². The number of aromatic nitrogens is 1. The molecule has 1 aromatic heterocycles. The number of anilines is 2. The van der Waals surface area contributed by atoms with Crippen LogP contribution in [0, 0.1) is 0 Å². The normalized spacial score (nSPS) is 14.9. The maximum Gasteiger partial charge on any atom is 0.278 e. The number of ether oxygens (including phenoxy) is 3. The molecule has 5 rings (SSSR count). The molecule has 0 fully saturated rings. The number of carbonyl (C=O) groups excluding carboxylic acids is 1. The van der Waals surface area contributed by atoms with Crippen molar-refractivity contribution < 1.29 is 19.0 Å². The molecule has 7 heteroatoms. The first-order valence-electron chi connectivity index (χ1n) is 10.0. The highest BCUT2D eigenvalue weighted by atomic mass is 32.1. The molecule has 156 valence electrons. The second kappa shape index (κ2) is 8.28. The van der Waals surface area contributed by atoms with Gasteiger partial charge in [-0.3, -0.25) is 9.69 Å². The molecule has 0 unspecified atom stereocenters. The molecule has 0 radical (unpaired) electrons. The van der Waals surface area contributed by atoms with Crippen LogP contribution in [0.3, 0.4) is 0 Å². The molecule has 1 atom stereocenters. The van der Waals surface area contributed by atoms with Gasteiger partial charge < -0.3 is 14.2 Å². The van der Waals surface area contributed by atoms with Crippen molar-refractivity contribution in [3.05, 3.63) is 72.8 Å². The summed E-state index contributed by atoms with van der Waals surface area (Å²) in [5.74, 6) is 1.70. The fourth-order valence-electron chi connectivity index (χ4n) is 3.43. The molecule has 0 N–H and O–H groups in total. The number of nitrogens with zero attached hydrogens (tertiary/aromatic N) is 2. The lowest BCUT2D eigenvalue weighted by atomic mass is 10.2. The molecule has 3 aromatic carbocycles. The van der Waals surface area contributed by atoms with Crippen molar-refractivity contribution in [2.24, 2.45) is 0 Å². The molecular weight excluding hydrogens is 412 g/mol. The first kappa shape index (κ1) is 19.4. The average Bonchev–Trinajstić information content (AvgIpc) is 3.24. The van der Waals surface area contributed by atoms with Crippen LogP contribution in [0.2, 0.25) is 0 Å². The van der Waals surface area contributed by atoms with E-state index in [1.54, 1.807) is 11.0 Å². The van der Waals surface area contributed by atoms with Gasteiger partial charge in [-0.05, 0) is 55.5 Å². The number of hydrogen-bond donors (Lipinski definition) is 0. The van der Waals surface area contributed by atoms with Gasteiger partial charge in [-0.2, -0.15) is 0 Å². The maximum atomic E-state index is 13.7. The minimum atomic E-state index is -0.784. The first-order chi connectivity index (χ1) is 15.2. The van der Waals surface area contributed by atoms with E-state index >= 15 is 0 Å². The van der Waals surface area contributed by atoms with E-state index in [9.17, 15) is 4.79 Å². The van der Waals surface area contributed by atoms with Crippen LogP contribution in [0.25, 0.3) is 10.2 Å². The topological polar surface area (TPSA) is 60.9 Å². The zero-order chi connectivity index (χ0) is 21.2. The summed E-state index contributed by atoms with van der Waals surface area (Å²) in [6.45, 7) is 2.64. The fraction of sp³-hybridized carbons (Fsp3) is 0.167. The molecule has 0 saturated carbocycles. The summed E-state index contributed by atoms with van der Waals surface area (Å²) < 4.78 is 18.3. The lowest BCUT2D eigenvalue weighted by Crippen LogP contribution is -2.44. The molecule has 6 nitrogen and oxygen atoms in total. The van der Waals surface area contributed by atoms with Gasteiger partial charge in [0.15, 0.2) is 16.6 Å². The predicted octanol–water partition coefficient (Wildman–Crippen LogP) is 5.20. The summed E-state index contributed by atoms with van der Waals surface area (Å²) >= 11 is 1.46. The largest absolute Gasteiger partial charge is 0.494 e. The average molecular weight is 433 g/mol. The highest BCUT2D eigenvalue weighted by Crippen LogP contribution is 2.37. The molecule has 1 amide bonds. The Balaban J connectivity index is 1.52. The van der Waals surface area contributed by atoms with Gasteiger partial charge in [-0.15, -0.1) is 0 Å². The Morgan fingerprint density at radius 3 is 2.58 bits per heavy atom. The fourth-order valence-corrected chi connectivity index (χ4v) is 4.42. The number of thiazole rings is 1. The van der Waals surface area contributed by atoms with Crippen molar-refractivity contribution in [1.29, 1.82) is 0 Å². The van der Waals surface area contributed by atoms with E-state index < -0.39 is 6.10 Å². The predicted molar refractivity (Wildman–Crippen MR) is 121 cm³/mol. The van der Waals surface area contributed by atoms with Gasteiger partial charge in [0.2, 0.25) is 6.10 Å². The summed E-state index contributed by atoms with van der Waals surface area (Å²) in [6.07, 6.45) is -0.784. The van der Waals surface area contributed by atoms with Crippen LogP contribution in [0.15, 0.2) is 72.8 Å². The summed E-state index contributed by atoms with van der Waals surface area (Å²) in [5, 5.41) is 0.581. The number of amides is 1. The van der Waals surface area contributed by atoms with Crippen molar-refractivity contribution in [3.8, 4) is 17.2 Å². The zero-order valence-corrected chi connectivity index (χ0v) is 17.7. The van der Waals surface area contributed by atoms with E-state index in [0.29, 0.717) is 28.9 Å². The standard InChI is InChI=1S/C24H20N2O4S/c1-2-28-17-13-11-16(12-14-17)26(24-25-18-7-3-6-10-22(18)31-24)23(27)21-15-29-19-8-4-5-9-20(19)30-21/h3-14,21H,2,15H2,1H3/t21-/m1/s1. The van der Waals surface area contributed by atoms with E-state index in [-0.39, 0.29) is 12.5 Å².